The molecule has 1 fully saturated rings. The van der Waals surface area contributed by atoms with Gasteiger partial charge in [-0.25, -0.2) is 0 Å². The first-order chi connectivity index (χ1) is 5.86. The average Bonchev–Trinajstić information content (AvgIpc) is 2.56. The minimum Gasteiger partial charge on any atom is -0.309 e. The number of hydrogen-bond acceptors (Lipinski definition) is 2. The monoisotopic (exact) mass is 254 g/mol. The second kappa shape index (κ2) is 6.46. The van der Waals surface area contributed by atoms with Gasteiger partial charge in [0.2, 0.25) is 0 Å². The number of nitrogens with one attached hydrogen (secondary N) is 1. The highest BCUT2D eigenvalue weighted by molar-refractivity contribution is 6.30. The van der Waals surface area contributed by atoms with Crippen LogP contribution in [-0.2, 0) is 0 Å². The van der Waals surface area contributed by atoms with E-state index < -0.39 is 0 Å². The molecule has 0 aromatic carbocycles. The number of nitrogens with zero attached hydrogens (tertiary/aromatic N) is 1. The molecule has 14 heavy (non-hydrogen) atoms. The maximum atomic E-state index is 5.86. The molecule has 1 aromatic rings. The quantitative estimate of drug-likeness (QED) is 0.834. The van der Waals surface area contributed by atoms with E-state index in [2.05, 4.69) is 10.3 Å². The lowest BCUT2D eigenvalue weighted by Gasteiger charge is -2.08. The SMILES string of the molecule is Cl.Cl.Clc1ccnc(C2CCCN2)c1. The maximum absolute atomic E-state index is 5.86. The van der Waals surface area contributed by atoms with Crippen LogP contribution in [0.2, 0.25) is 5.02 Å². The summed E-state index contributed by atoms with van der Waals surface area (Å²) >= 11 is 5.86. The van der Waals surface area contributed by atoms with Gasteiger partial charge in [-0.3, -0.25) is 4.98 Å². The van der Waals surface area contributed by atoms with Crippen molar-refractivity contribution >= 4 is 36.4 Å². The zero-order valence-corrected chi connectivity index (χ0v) is 9.96. The van der Waals surface area contributed by atoms with Crippen LogP contribution in [0.4, 0.5) is 0 Å². The average molecular weight is 256 g/mol. The molecule has 0 spiro atoms. The van der Waals surface area contributed by atoms with Crippen LogP contribution in [0.25, 0.3) is 0 Å². The van der Waals surface area contributed by atoms with Crippen LogP contribution < -0.4 is 5.32 Å². The Bertz CT molecular complexity index is 275. The van der Waals surface area contributed by atoms with Crippen molar-refractivity contribution in [2.24, 2.45) is 0 Å². The highest BCUT2D eigenvalue weighted by Gasteiger charge is 2.16. The first-order valence-corrected chi connectivity index (χ1v) is 4.59. The number of rotatable bonds is 1. The van der Waals surface area contributed by atoms with Crippen LogP contribution in [-0.4, -0.2) is 11.5 Å². The van der Waals surface area contributed by atoms with Crippen LogP contribution in [0.3, 0.4) is 0 Å². The zero-order valence-electron chi connectivity index (χ0n) is 7.57. The van der Waals surface area contributed by atoms with Crippen LogP contribution in [0.15, 0.2) is 18.3 Å². The summed E-state index contributed by atoms with van der Waals surface area (Å²) in [6, 6.07) is 4.16. The molecular weight excluding hydrogens is 242 g/mol. The Hall–Kier alpha value is -0.0200. The minimum absolute atomic E-state index is 0. The normalized spacial score (nSPS) is 19.6. The van der Waals surface area contributed by atoms with Gasteiger partial charge in [-0.05, 0) is 31.5 Å². The summed E-state index contributed by atoms with van der Waals surface area (Å²) in [5.74, 6) is 0. The molecule has 0 amide bonds. The molecule has 0 radical (unpaired) electrons. The lowest BCUT2D eigenvalue weighted by molar-refractivity contribution is 0.628. The highest BCUT2D eigenvalue weighted by atomic mass is 35.5. The summed E-state index contributed by atoms with van der Waals surface area (Å²) in [5.41, 5.74) is 1.07. The van der Waals surface area contributed by atoms with E-state index in [4.69, 9.17) is 11.6 Å². The van der Waals surface area contributed by atoms with Crippen molar-refractivity contribution in [2.45, 2.75) is 18.9 Å². The Morgan fingerprint density at radius 2 is 2.21 bits per heavy atom. The first kappa shape index (κ1) is 14.0. The molecule has 1 atom stereocenters. The number of halogens is 3. The largest absolute Gasteiger partial charge is 0.309 e. The molecule has 0 saturated carbocycles. The summed E-state index contributed by atoms with van der Waals surface area (Å²) in [4.78, 5) is 4.27. The maximum Gasteiger partial charge on any atom is 0.0587 e. The minimum atomic E-state index is 0. The summed E-state index contributed by atoms with van der Waals surface area (Å²) in [6.45, 7) is 1.10. The van der Waals surface area contributed by atoms with E-state index in [1.54, 1.807) is 12.3 Å². The molecule has 1 aliphatic heterocycles. The topological polar surface area (TPSA) is 24.9 Å². The number of aromatic nitrogens is 1. The summed E-state index contributed by atoms with van der Waals surface area (Å²) in [6.07, 6.45) is 4.17. The fraction of sp³-hybridized carbons (Fsp3) is 0.444. The zero-order chi connectivity index (χ0) is 8.39. The van der Waals surface area contributed by atoms with Crippen LogP contribution in [0.1, 0.15) is 24.6 Å². The molecule has 0 bridgehead atoms. The predicted molar refractivity (Wildman–Crippen MR) is 63.7 cm³/mol. The lowest BCUT2D eigenvalue weighted by atomic mass is 10.1. The van der Waals surface area contributed by atoms with Gasteiger partial charge in [-0.2, -0.15) is 0 Å². The third-order valence-corrected chi connectivity index (χ3v) is 2.40. The molecule has 80 valence electrons. The molecule has 1 unspecified atom stereocenters. The van der Waals surface area contributed by atoms with Gasteiger partial charge in [-0.15, -0.1) is 24.8 Å². The molecule has 1 N–H and O–H groups in total. The van der Waals surface area contributed by atoms with Gasteiger partial charge in [0.15, 0.2) is 0 Å². The molecule has 1 aliphatic rings. The third-order valence-electron chi connectivity index (χ3n) is 2.16. The number of pyridine rings is 1. The predicted octanol–water partition coefficient (Wildman–Crippen LogP) is 3.00. The van der Waals surface area contributed by atoms with Gasteiger partial charge < -0.3 is 5.32 Å². The van der Waals surface area contributed by atoms with Gasteiger partial charge in [-0.1, -0.05) is 11.6 Å². The summed E-state index contributed by atoms with van der Waals surface area (Å²) in [7, 11) is 0. The second-order valence-corrected chi connectivity index (χ2v) is 3.48. The molecule has 1 aromatic heterocycles. The van der Waals surface area contributed by atoms with Crippen molar-refractivity contribution in [3.05, 3.63) is 29.0 Å². The Balaban J connectivity index is 0.000000845. The van der Waals surface area contributed by atoms with Crippen molar-refractivity contribution in [1.29, 1.82) is 0 Å². The van der Waals surface area contributed by atoms with Crippen LogP contribution in [0.5, 0.6) is 0 Å². The van der Waals surface area contributed by atoms with E-state index in [0.29, 0.717) is 6.04 Å². The van der Waals surface area contributed by atoms with E-state index in [1.807, 2.05) is 6.07 Å². The van der Waals surface area contributed by atoms with E-state index in [9.17, 15) is 0 Å². The Morgan fingerprint density at radius 3 is 2.79 bits per heavy atom. The van der Waals surface area contributed by atoms with Crippen molar-refractivity contribution < 1.29 is 0 Å². The first-order valence-electron chi connectivity index (χ1n) is 4.21. The molecule has 2 nitrogen and oxygen atoms in total. The molecule has 2 rings (SSSR count). The highest BCUT2D eigenvalue weighted by Crippen LogP contribution is 2.22. The van der Waals surface area contributed by atoms with Crippen LogP contribution in [0, 0.1) is 0 Å². The van der Waals surface area contributed by atoms with E-state index >= 15 is 0 Å². The molecule has 2 heterocycles. The standard InChI is InChI=1S/C9H11ClN2.2ClH/c10-7-3-5-12-9(6-7)8-2-1-4-11-8;;/h3,5-6,8,11H,1-2,4H2;2*1H. The molecular formula is C9H13Cl3N2. The fourth-order valence-corrected chi connectivity index (χ4v) is 1.72. The Labute approximate surface area is 101 Å². The lowest BCUT2D eigenvalue weighted by Crippen LogP contribution is -2.13. The smallest absolute Gasteiger partial charge is 0.0587 e. The molecule has 0 aliphatic carbocycles. The number of hydrogen-bond donors (Lipinski definition) is 1. The summed E-state index contributed by atoms with van der Waals surface area (Å²) < 4.78 is 0. The third kappa shape index (κ3) is 3.28. The molecule has 5 heteroatoms. The van der Waals surface area contributed by atoms with Gasteiger partial charge in [0, 0.05) is 17.3 Å². The van der Waals surface area contributed by atoms with Gasteiger partial charge in [0.1, 0.15) is 0 Å². The Kier molecular flexibility index (Phi) is 6.45. The van der Waals surface area contributed by atoms with Crippen molar-refractivity contribution in [3.8, 4) is 0 Å². The van der Waals surface area contributed by atoms with Crippen LogP contribution >= 0.6 is 36.4 Å². The van der Waals surface area contributed by atoms with Crippen molar-refractivity contribution in [1.82, 2.24) is 10.3 Å². The van der Waals surface area contributed by atoms with Gasteiger partial charge in [0.05, 0.1) is 5.69 Å². The fourth-order valence-electron chi connectivity index (χ4n) is 1.55. The van der Waals surface area contributed by atoms with E-state index in [0.717, 1.165) is 17.3 Å². The van der Waals surface area contributed by atoms with Gasteiger partial charge in [0.25, 0.3) is 0 Å². The van der Waals surface area contributed by atoms with Crippen molar-refractivity contribution in [3.63, 3.8) is 0 Å². The second-order valence-electron chi connectivity index (χ2n) is 3.05. The van der Waals surface area contributed by atoms with Gasteiger partial charge >= 0.3 is 0 Å². The van der Waals surface area contributed by atoms with Crippen molar-refractivity contribution in [2.75, 3.05) is 6.54 Å². The van der Waals surface area contributed by atoms with E-state index in [1.165, 1.54) is 12.8 Å². The molecule has 1 saturated heterocycles. The van der Waals surface area contributed by atoms with E-state index in [-0.39, 0.29) is 24.8 Å². The Morgan fingerprint density at radius 1 is 1.43 bits per heavy atom. The summed E-state index contributed by atoms with van der Waals surface area (Å²) in [5, 5.41) is 4.15.